The van der Waals surface area contributed by atoms with Gasteiger partial charge in [0.05, 0.1) is 10.6 Å². The summed E-state index contributed by atoms with van der Waals surface area (Å²) >= 11 is 0. The van der Waals surface area contributed by atoms with Crippen LogP contribution in [-0.2, 0) is 16.4 Å². The lowest BCUT2D eigenvalue weighted by atomic mass is 10.0. The summed E-state index contributed by atoms with van der Waals surface area (Å²) in [6, 6.07) is 18.6. The smallest absolute Gasteiger partial charge is 0.178 e. The molecule has 0 amide bonds. The van der Waals surface area contributed by atoms with E-state index in [4.69, 9.17) is 0 Å². The Hall–Kier alpha value is -1.69. The number of nitrogens with one attached hydrogen (secondary N) is 1. The van der Waals surface area contributed by atoms with Crippen LogP contribution in [0.15, 0.2) is 59.5 Å². The van der Waals surface area contributed by atoms with E-state index in [1.54, 1.807) is 6.07 Å². The van der Waals surface area contributed by atoms with Gasteiger partial charge in [0.15, 0.2) is 9.84 Å². The largest absolute Gasteiger partial charge is 0.306 e. The van der Waals surface area contributed by atoms with Crippen LogP contribution in [0.3, 0.4) is 0 Å². The molecule has 2 heterocycles. The van der Waals surface area contributed by atoms with Crippen molar-refractivity contribution < 1.29 is 8.42 Å². The molecule has 4 rings (SSSR count). The highest BCUT2D eigenvalue weighted by atomic mass is 32.2. The zero-order valence-electron chi connectivity index (χ0n) is 14.3. The van der Waals surface area contributed by atoms with Crippen molar-refractivity contribution in [3.8, 4) is 0 Å². The van der Waals surface area contributed by atoms with Crippen molar-refractivity contribution in [2.45, 2.75) is 36.4 Å². The monoisotopic (exact) mass is 356 g/mol. The van der Waals surface area contributed by atoms with Gasteiger partial charge in [-0.1, -0.05) is 48.5 Å². The second-order valence-electron chi connectivity index (χ2n) is 7.07. The number of fused-ring (bicyclic) bond motifs is 1. The van der Waals surface area contributed by atoms with Crippen LogP contribution in [0.1, 0.15) is 30.0 Å². The van der Waals surface area contributed by atoms with Gasteiger partial charge in [-0.3, -0.25) is 4.90 Å². The molecule has 2 aromatic rings. The van der Waals surface area contributed by atoms with Gasteiger partial charge in [-0.2, -0.15) is 0 Å². The van der Waals surface area contributed by atoms with E-state index in [-0.39, 0.29) is 11.8 Å². The van der Waals surface area contributed by atoms with Crippen LogP contribution in [0.5, 0.6) is 0 Å². The predicted octanol–water partition coefficient (Wildman–Crippen LogP) is 2.77. The predicted molar refractivity (Wildman–Crippen MR) is 99.1 cm³/mol. The fourth-order valence-corrected chi connectivity index (χ4v) is 5.62. The van der Waals surface area contributed by atoms with Crippen LogP contribution in [-0.4, -0.2) is 38.2 Å². The lowest BCUT2D eigenvalue weighted by Gasteiger charge is -2.29. The molecule has 0 saturated carbocycles. The van der Waals surface area contributed by atoms with Gasteiger partial charge in [-0.05, 0) is 30.0 Å². The van der Waals surface area contributed by atoms with Gasteiger partial charge in [0.1, 0.15) is 0 Å². The molecule has 1 saturated heterocycles. The first-order chi connectivity index (χ1) is 12.1. The van der Waals surface area contributed by atoms with Gasteiger partial charge >= 0.3 is 0 Å². The zero-order valence-corrected chi connectivity index (χ0v) is 15.1. The van der Waals surface area contributed by atoms with E-state index in [1.165, 1.54) is 5.56 Å². The maximum atomic E-state index is 12.3. The minimum atomic E-state index is -3.11. The molecule has 132 valence electrons. The summed E-state index contributed by atoms with van der Waals surface area (Å²) in [4.78, 5) is 2.98. The molecule has 5 heteroatoms. The maximum absolute atomic E-state index is 12.3. The van der Waals surface area contributed by atoms with Gasteiger partial charge < -0.3 is 5.32 Å². The van der Waals surface area contributed by atoms with Gasteiger partial charge in [-0.15, -0.1) is 0 Å². The summed E-state index contributed by atoms with van der Waals surface area (Å²) in [5, 5.41) is 3.72. The number of rotatable bonds is 4. The highest BCUT2D eigenvalue weighted by Gasteiger charge is 2.32. The van der Waals surface area contributed by atoms with E-state index in [2.05, 4.69) is 34.5 Å². The Bertz CT molecular complexity index is 836. The van der Waals surface area contributed by atoms with Crippen molar-refractivity contribution in [3.63, 3.8) is 0 Å². The Morgan fingerprint density at radius 1 is 1.00 bits per heavy atom. The van der Waals surface area contributed by atoms with Crippen molar-refractivity contribution in [1.29, 1.82) is 0 Å². The Balaban J connectivity index is 1.42. The van der Waals surface area contributed by atoms with E-state index in [9.17, 15) is 8.42 Å². The fourth-order valence-electron chi connectivity index (χ4n) is 4.00. The van der Waals surface area contributed by atoms with Gasteiger partial charge in [0.2, 0.25) is 0 Å². The van der Waals surface area contributed by atoms with Crippen molar-refractivity contribution >= 4 is 9.84 Å². The lowest BCUT2D eigenvalue weighted by Crippen LogP contribution is -2.38. The normalized spacial score (nSPS) is 25.6. The van der Waals surface area contributed by atoms with Crippen LogP contribution >= 0.6 is 0 Å². The van der Waals surface area contributed by atoms with Crippen LogP contribution in [0.2, 0.25) is 0 Å². The summed E-state index contributed by atoms with van der Waals surface area (Å²) in [5.41, 5.74) is 2.28. The third-order valence-electron chi connectivity index (χ3n) is 5.26. The number of likely N-dealkylation sites (tertiary alicyclic amines) is 1. The molecule has 0 aromatic heterocycles. The molecule has 25 heavy (non-hydrogen) atoms. The van der Waals surface area contributed by atoms with E-state index >= 15 is 0 Å². The minimum Gasteiger partial charge on any atom is -0.306 e. The molecular formula is C20H24N2O2S. The molecule has 1 fully saturated rings. The maximum Gasteiger partial charge on any atom is 0.178 e. The molecule has 0 spiro atoms. The quantitative estimate of drug-likeness (QED) is 0.915. The summed E-state index contributed by atoms with van der Waals surface area (Å²) < 4.78 is 24.6. The Morgan fingerprint density at radius 2 is 1.76 bits per heavy atom. The lowest BCUT2D eigenvalue weighted by molar-refractivity contribution is 0.313. The zero-order chi connectivity index (χ0) is 17.3. The first kappa shape index (κ1) is 16.8. The molecule has 0 aliphatic carbocycles. The Labute approximate surface area is 149 Å². The molecule has 0 radical (unpaired) electrons. The molecule has 2 atom stereocenters. The average molecular weight is 356 g/mol. The molecule has 2 unspecified atom stereocenters. The number of hydrogen-bond donors (Lipinski definition) is 1. The molecule has 0 bridgehead atoms. The Kier molecular flexibility index (Phi) is 4.63. The van der Waals surface area contributed by atoms with Crippen LogP contribution in [0, 0.1) is 0 Å². The van der Waals surface area contributed by atoms with Crippen molar-refractivity contribution in [2.75, 3.05) is 18.8 Å². The van der Waals surface area contributed by atoms with Crippen molar-refractivity contribution in [3.05, 3.63) is 65.7 Å². The standard InChI is InChI=1S/C20H24N2O2S/c23-25(24)13-11-19(18-8-4-5-9-20(18)25)21-17-10-12-22(15-17)14-16-6-2-1-3-7-16/h1-9,17,19,21H,10-15H2. The van der Waals surface area contributed by atoms with E-state index < -0.39 is 9.84 Å². The average Bonchev–Trinajstić information content (AvgIpc) is 3.06. The highest BCUT2D eigenvalue weighted by Crippen LogP contribution is 2.32. The first-order valence-electron chi connectivity index (χ1n) is 8.96. The number of hydrogen-bond acceptors (Lipinski definition) is 4. The van der Waals surface area contributed by atoms with Gasteiger partial charge in [0, 0.05) is 31.7 Å². The fraction of sp³-hybridized carbons (Fsp3) is 0.400. The van der Waals surface area contributed by atoms with Crippen molar-refractivity contribution in [1.82, 2.24) is 10.2 Å². The number of benzene rings is 2. The van der Waals surface area contributed by atoms with Gasteiger partial charge in [0.25, 0.3) is 0 Å². The van der Waals surface area contributed by atoms with Gasteiger partial charge in [-0.25, -0.2) is 8.42 Å². The molecule has 2 aliphatic heterocycles. The topological polar surface area (TPSA) is 49.4 Å². The third-order valence-corrected chi connectivity index (χ3v) is 7.08. The van der Waals surface area contributed by atoms with E-state index in [1.807, 2.05) is 24.3 Å². The van der Waals surface area contributed by atoms with Crippen molar-refractivity contribution in [2.24, 2.45) is 0 Å². The first-order valence-corrected chi connectivity index (χ1v) is 10.6. The molecule has 2 aromatic carbocycles. The minimum absolute atomic E-state index is 0.140. The summed E-state index contributed by atoms with van der Waals surface area (Å²) in [5.74, 6) is 0.238. The molecule has 4 nitrogen and oxygen atoms in total. The van der Waals surface area contributed by atoms with E-state index in [0.29, 0.717) is 17.4 Å². The number of nitrogens with zero attached hydrogens (tertiary/aromatic N) is 1. The molecule has 2 aliphatic rings. The molecule has 1 N–H and O–H groups in total. The summed E-state index contributed by atoms with van der Waals surface area (Å²) in [7, 11) is -3.11. The summed E-state index contributed by atoms with van der Waals surface area (Å²) in [6.45, 7) is 3.08. The highest BCUT2D eigenvalue weighted by molar-refractivity contribution is 7.91. The van der Waals surface area contributed by atoms with Crippen LogP contribution < -0.4 is 5.32 Å². The molecular weight excluding hydrogens is 332 g/mol. The van der Waals surface area contributed by atoms with Crippen LogP contribution in [0.4, 0.5) is 0 Å². The summed E-state index contributed by atoms with van der Waals surface area (Å²) in [6.07, 6.45) is 1.77. The second kappa shape index (κ2) is 6.90. The Morgan fingerprint density at radius 3 is 2.60 bits per heavy atom. The van der Waals surface area contributed by atoms with E-state index in [0.717, 1.165) is 31.6 Å². The second-order valence-corrected chi connectivity index (χ2v) is 9.15. The van der Waals surface area contributed by atoms with Crippen LogP contribution in [0.25, 0.3) is 0 Å². The third kappa shape index (κ3) is 3.64. The SMILES string of the molecule is O=S1(=O)CCC(NC2CCN(Cc3ccccc3)C2)c2ccccc21. The number of sulfone groups is 1.